The summed E-state index contributed by atoms with van der Waals surface area (Å²) < 4.78 is 7.23. The molecule has 6 nitrogen and oxygen atoms in total. The Labute approximate surface area is 182 Å². The van der Waals surface area contributed by atoms with Gasteiger partial charge in [0.25, 0.3) is 0 Å². The highest BCUT2D eigenvalue weighted by Crippen LogP contribution is 2.26. The zero-order valence-electron chi connectivity index (χ0n) is 18.3. The van der Waals surface area contributed by atoms with Crippen molar-refractivity contribution in [3.63, 3.8) is 0 Å². The van der Waals surface area contributed by atoms with Gasteiger partial charge in [0.2, 0.25) is 0 Å². The number of aromatic nitrogens is 2. The van der Waals surface area contributed by atoms with E-state index >= 15 is 0 Å². The minimum Gasteiger partial charge on any atom is -0.444 e. The maximum atomic E-state index is 12.6. The van der Waals surface area contributed by atoms with Crippen LogP contribution in [0.25, 0.3) is 22.4 Å². The quantitative estimate of drug-likeness (QED) is 0.644. The van der Waals surface area contributed by atoms with Crippen LogP contribution in [0.4, 0.5) is 4.79 Å². The van der Waals surface area contributed by atoms with Gasteiger partial charge in [-0.3, -0.25) is 4.57 Å². The number of hydrogen-bond donors (Lipinski definition) is 1. The Bertz CT molecular complexity index is 1080. The number of ether oxygens (including phenoxy) is 1. The van der Waals surface area contributed by atoms with Crippen molar-refractivity contribution in [2.45, 2.75) is 45.3 Å². The predicted molar refractivity (Wildman–Crippen MR) is 122 cm³/mol. The molecule has 4 rings (SSSR count). The minimum absolute atomic E-state index is 0.0692. The van der Waals surface area contributed by atoms with Crippen molar-refractivity contribution < 1.29 is 9.53 Å². The molecule has 6 heteroatoms. The molecule has 0 bridgehead atoms. The van der Waals surface area contributed by atoms with Gasteiger partial charge in [-0.05, 0) is 50.3 Å². The highest BCUT2D eigenvalue weighted by atomic mass is 16.6. The molecule has 1 aromatic heterocycles. The summed E-state index contributed by atoms with van der Waals surface area (Å²) in [6, 6.07) is 18.5. The first kappa shape index (κ1) is 21.0. The molecule has 1 aliphatic rings. The molecule has 0 spiro atoms. The van der Waals surface area contributed by atoms with E-state index in [0.717, 1.165) is 35.2 Å². The van der Waals surface area contributed by atoms with Gasteiger partial charge in [0, 0.05) is 25.3 Å². The summed E-state index contributed by atoms with van der Waals surface area (Å²) in [6.45, 7) is 6.76. The number of nitrogens with one attached hydrogen (secondary N) is 1. The average Bonchev–Trinajstić information content (AvgIpc) is 3.15. The number of H-pyrrole nitrogens is 1. The third-order valence-corrected chi connectivity index (χ3v) is 5.56. The van der Waals surface area contributed by atoms with Crippen LogP contribution in [0.1, 0.15) is 39.7 Å². The largest absolute Gasteiger partial charge is 0.444 e. The van der Waals surface area contributed by atoms with Gasteiger partial charge in [-0.2, -0.15) is 0 Å². The van der Waals surface area contributed by atoms with Crippen LogP contribution >= 0.6 is 0 Å². The first-order valence-corrected chi connectivity index (χ1v) is 10.7. The smallest absolute Gasteiger partial charge is 0.410 e. The highest BCUT2D eigenvalue weighted by molar-refractivity contribution is 5.69. The molecule has 0 unspecified atom stereocenters. The molecular formula is C25H29N3O3. The highest BCUT2D eigenvalue weighted by Gasteiger charge is 2.28. The lowest BCUT2D eigenvalue weighted by molar-refractivity contribution is 0.0187. The van der Waals surface area contributed by atoms with Gasteiger partial charge in [-0.25, -0.2) is 9.59 Å². The SMILES string of the molecule is CC(C)(C)OC(=O)N1CCC(n2cc(-c3ccc(-c4ccccc4)cc3)[nH]c2=O)CC1. The summed E-state index contributed by atoms with van der Waals surface area (Å²) in [5.41, 5.74) is 3.47. The molecule has 0 saturated carbocycles. The van der Waals surface area contributed by atoms with E-state index < -0.39 is 5.60 Å². The molecule has 0 atom stereocenters. The van der Waals surface area contributed by atoms with Crippen LogP contribution in [0, 0.1) is 0 Å². The number of benzene rings is 2. The Balaban J connectivity index is 1.44. The van der Waals surface area contributed by atoms with Crippen LogP contribution in [-0.4, -0.2) is 39.2 Å². The normalized spacial score (nSPS) is 15.1. The van der Waals surface area contributed by atoms with Gasteiger partial charge in [0.1, 0.15) is 5.60 Å². The Morgan fingerprint density at radius 2 is 1.52 bits per heavy atom. The average molecular weight is 420 g/mol. The second kappa shape index (κ2) is 8.46. The third-order valence-electron chi connectivity index (χ3n) is 5.56. The van der Waals surface area contributed by atoms with E-state index in [1.807, 2.05) is 57.3 Å². The number of imidazole rings is 1. The fraction of sp³-hybridized carbons (Fsp3) is 0.360. The standard InChI is InChI=1S/C25H29N3O3/c1-25(2,3)31-24(30)27-15-13-21(14-16-27)28-17-22(26-23(28)29)20-11-9-19(10-12-20)18-7-5-4-6-8-18/h4-12,17,21H,13-16H2,1-3H3,(H,26,29). The van der Waals surface area contributed by atoms with Crippen LogP contribution in [0.2, 0.25) is 0 Å². The molecular weight excluding hydrogens is 390 g/mol. The van der Waals surface area contributed by atoms with Crippen LogP contribution in [-0.2, 0) is 4.74 Å². The molecule has 1 fully saturated rings. The zero-order valence-corrected chi connectivity index (χ0v) is 18.3. The fourth-order valence-corrected chi connectivity index (χ4v) is 3.95. The lowest BCUT2D eigenvalue weighted by Gasteiger charge is -2.33. The zero-order chi connectivity index (χ0) is 22.0. The van der Waals surface area contributed by atoms with Gasteiger partial charge < -0.3 is 14.6 Å². The number of likely N-dealkylation sites (tertiary alicyclic amines) is 1. The van der Waals surface area contributed by atoms with E-state index in [2.05, 4.69) is 29.2 Å². The number of rotatable bonds is 3. The van der Waals surface area contributed by atoms with Crippen molar-refractivity contribution >= 4 is 6.09 Å². The summed E-state index contributed by atoms with van der Waals surface area (Å²) in [7, 11) is 0. The molecule has 0 radical (unpaired) electrons. The van der Waals surface area contributed by atoms with Crippen LogP contribution in [0.15, 0.2) is 65.6 Å². The van der Waals surface area contributed by atoms with Gasteiger partial charge in [-0.15, -0.1) is 0 Å². The predicted octanol–water partition coefficient (Wildman–Crippen LogP) is 5.08. The third kappa shape index (κ3) is 4.90. The molecule has 1 aliphatic heterocycles. The maximum absolute atomic E-state index is 12.6. The Morgan fingerprint density at radius 1 is 0.935 bits per heavy atom. The van der Waals surface area contributed by atoms with E-state index in [4.69, 9.17) is 4.74 Å². The molecule has 1 amide bonds. The van der Waals surface area contributed by atoms with Gasteiger partial charge in [0.15, 0.2) is 0 Å². The lowest BCUT2D eigenvalue weighted by Crippen LogP contribution is -2.42. The molecule has 2 aromatic carbocycles. The molecule has 2 heterocycles. The first-order chi connectivity index (χ1) is 14.8. The van der Waals surface area contributed by atoms with E-state index in [1.165, 1.54) is 0 Å². The summed E-state index contributed by atoms with van der Waals surface area (Å²) in [5, 5.41) is 0. The van der Waals surface area contributed by atoms with Crippen LogP contribution < -0.4 is 5.69 Å². The summed E-state index contributed by atoms with van der Waals surface area (Å²) in [5.74, 6) is 0. The van der Waals surface area contributed by atoms with Crippen molar-refractivity contribution in [2.24, 2.45) is 0 Å². The number of aromatic amines is 1. The van der Waals surface area contributed by atoms with E-state index in [9.17, 15) is 9.59 Å². The Kier molecular flexibility index (Phi) is 5.72. The Morgan fingerprint density at radius 3 is 2.13 bits per heavy atom. The number of carbonyl (C=O) groups is 1. The van der Waals surface area contributed by atoms with E-state index in [1.54, 1.807) is 9.47 Å². The molecule has 0 aliphatic carbocycles. The van der Waals surface area contributed by atoms with Gasteiger partial charge in [0.05, 0.1) is 5.69 Å². The second-order valence-electron chi connectivity index (χ2n) is 9.02. The Hall–Kier alpha value is -3.28. The summed E-state index contributed by atoms with van der Waals surface area (Å²) in [6.07, 6.45) is 3.06. The second-order valence-corrected chi connectivity index (χ2v) is 9.02. The topological polar surface area (TPSA) is 67.3 Å². The number of hydrogen-bond acceptors (Lipinski definition) is 3. The first-order valence-electron chi connectivity index (χ1n) is 10.7. The monoisotopic (exact) mass is 419 g/mol. The molecule has 162 valence electrons. The van der Waals surface area contributed by atoms with E-state index in [0.29, 0.717) is 13.1 Å². The molecule has 31 heavy (non-hydrogen) atoms. The number of amides is 1. The van der Waals surface area contributed by atoms with Crippen molar-refractivity contribution in [3.8, 4) is 22.4 Å². The molecule has 1 N–H and O–H groups in total. The lowest BCUT2D eigenvalue weighted by atomic mass is 10.0. The number of carbonyl (C=O) groups excluding carboxylic acids is 1. The van der Waals surface area contributed by atoms with Crippen molar-refractivity contribution in [3.05, 3.63) is 71.3 Å². The van der Waals surface area contributed by atoms with E-state index in [-0.39, 0.29) is 17.8 Å². The number of nitrogens with zero attached hydrogens (tertiary/aromatic N) is 2. The van der Waals surface area contributed by atoms with Gasteiger partial charge in [-0.1, -0.05) is 54.6 Å². The van der Waals surface area contributed by atoms with Crippen LogP contribution in [0.5, 0.6) is 0 Å². The van der Waals surface area contributed by atoms with Crippen molar-refractivity contribution in [1.82, 2.24) is 14.5 Å². The molecule has 1 saturated heterocycles. The fourth-order valence-electron chi connectivity index (χ4n) is 3.95. The van der Waals surface area contributed by atoms with Gasteiger partial charge >= 0.3 is 11.8 Å². The van der Waals surface area contributed by atoms with Crippen molar-refractivity contribution in [2.75, 3.05) is 13.1 Å². The van der Waals surface area contributed by atoms with Crippen LogP contribution in [0.3, 0.4) is 0 Å². The minimum atomic E-state index is -0.504. The summed E-state index contributed by atoms with van der Waals surface area (Å²) in [4.78, 5) is 29.6. The maximum Gasteiger partial charge on any atom is 0.410 e. The number of piperidine rings is 1. The summed E-state index contributed by atoms with van der Waals surface area (Å²) >= 11 is 0. The molecule has 3 aromatic rings. The van der Waals surface area contributed by atoms with Crippen molar-refractivity contribution in [1.29, 1.82) is 0 Å².